The monoisotopic (exact) mass is 363 g/mol. The number of fused-ring (bicyclic) bond motifs is 1. The van der Waals surface area contributed by atoms with Crippen LogP contribution in [0.5, 0.6) is 5.75 Å². The summed E-state index contributed by atoms with van der Waals surface area (Å²) >= 11 is 0. The molecule has 0 fully saturated rings. The third-order valence-corrected chi connectivity index (χ3v) is 4.55. The van der Waals surface area contributed by atoms with E-state index in [0.29, 0.717) is 6.61 Å². The summed E-state index contributed by atoms with van der Waals surface area (Å²) in [5.74, 6) is 0.147. The first-order valence-electron chi connectivity index (χ1n) is 9.49. The Labute approximate surface area is 159 Å². The third-order valence-electron chi connectivity index (χ3n) is 4.55. The summed E-state index contributed by atoms with van der Waals surface area (Å²) in [5.41, 5.74) is 3.14. The van der Waals surface area contributed by atoms with Crippen LogP contribution in [0, 0.1) is 0 Å². The topological polar surface area (TPSA) is 59.4 Å². The van der Waals surface area contributed by atoms with Crippen LogP contribution in [0.15, 0.2) is 60.7 Å². The number of hydrogen-bond donors (Lipinski definition) is 1. The van der Waals surface area contributed by atoms with Gasteiger partial charge in [0.2, 0.25) is 0 Å². The number of unbranched alkanes of at least 4 members (excludes halogenated alkanes) is 3. The molecule has 3 aromatic rings. The van der Waals surface area contributed by atoms with Gasteiger partial charge in [-0.05, 0) is 49.1 Å². The second-order valence-corrected chi connectivity index (χ2v) is 6.74. The highest BCUT2D eigenvalue weighted by Crippen LogP contribution is 2.18. The van der Waals surface area contributed by atoms with Crippen molar-refractivity contribution in [1.29, 1.82) is 0 Å². The molecule has 0 radical (unpaired) electrons. The molecule has 4 nitrogen and oxygen atoms in total. The molecule has 2 aromatic carbocycles. The lowest BCUT2D eigenvalue weighted by Gasteiger charge is -2.09. The highest BCUT2D eigenvalue weighted by Gasteiger charge is 2.02. The number of aliphatic carboxylic acids is 1. The summed E-state index contributed by atoms with van der Waals surface area (Å²) in [6.07, 6.45) is 5.10. The SMILES string of the molecule is O=C(O)CCCCCCc1cccc(OCc2ccc3ccccc3n2)c1. The van der Waals surface area contributed by atoms with Crippen LogP contribution in [-0.4, -0.2) is 16.1 Å². The van der Waals surface area contributed by atoms with Crippen molar-refractivity contribution in [3.8, 4) is 5.75 Å². The van der Waals surface area contributed by atoms with E-state index in [1.807, 2.05) is 36.4 Å². The van der Waals surface area contributed by atoms with Crippen molar-refractivity contribution in [3.05, 3.63) is 71.9 Å². The van der Waals surface area contributed by atoms with Gasteiger partial charge in [0.1, 0.15) is 12.4 Å². The number of carboxylic acid groups (broad SMARTS) is 1. The van der Waals surface area contributed by atoms with Crippen LogP contribution < -0.4 is 4.74 Å². The maximum atomic E-state index is 10.5. The highest BCUT2D eigenvalue weighted by atomic mass is 16.5. The molecule has 0 saturated carbocycles. The van der Waals surface area contributed by atoms with Crippen LogP contribution in [0.4, 0.5) is 0 Å². The summed E-state index contributed by atoms with van der Waals surface area (Å²) in [4.78, 5) is 15.1. The van der Waals surface area contributed by atoms with Crippen LogP contribution in [0.2, 0.25) is 0 Å². The Kier molecular flexibility index (Phi) is 6.80. The number of nitrogens with zero attached hydrogens (tertiary/aromatic N) is 1. The average molecular weight is 363 g/mol. The smallest absolute Gasteiger partial charge is 0.303 e. The minimum Gasteiger partial charge on any atom is -0.487 e. The molecule has 1 aromatic heterocycles. The first kappa shape index (κ1) is 18.9. The molecule has 0 unspecified atom stereocenters. The van der Waals surface area contributed by atoms with Crippen molar-refractivity contribution >= 4 is 16.9 Å². The molecule has 0 aliphatic carbocycles. The van der Waals surface area contributed by atoms with Crippen molar-refractivity contribution in [2.24, 2.45) is 0 Å². The van der Waals surface area contributed by atoms with Crippen LogP contribution in [0.25, 0.3) is 10.9 Å². The fourth-order valence-electron chi connectivity index (χ4n) is 3.10. The van der Waals surface area contributed by atoms with Gasteiger partial charge in [0.15, 0.2) is 0 Å². The van der Waals surface area contributed by atoms with Crippen molar-refractivity contribution in [3.63, 3.8) is 0 Å². The molecule has 3 rings (SSSR count). The Balaban J connectivity index is 1.47. The van der Waals surface area contributed by atoms with Gasteiger partial charge in [-0.25, -0.2) is 4.98 Å². The van der Waals surface area contributed by atoms with Gasteiger partial charge < -0.3 is 9.84 Å². The summed E-state index contributed by atoms with van der Waals surface area (Å²) in [7, 11) is 0. The molecule has 4 heteroatoms. The minimum atomic E-state index is -0.708. The summed E-state index contributed by atoms with van der Waals surface area (Å²) in [5, 5.41) is 9.78. The van der Waals surface area contributed by atoms with E-state index in [2.05, 4.69) is 29.2 Å². The molecule has 0 bridgehead atoms. The first-order chi connectivity index (χ1) is 13.2. The van der Waals surface area contributed by atoms with Crippen LogP contribution >= 0.6 is 0 Å². The molecular weight excluding hydrogens is 338 g/mol. The lowest BCUT2D eigenvalue weighted by molar-refractivity contribution is -0.137. The molecule has 1 N–H and O–H groups in total. The number of carboxylic acids is 1. The molecule has 0 aliphatic rings. The van der Waals surface area contributed by atoms with E-state index in [1.54, 1.807) is 0 Å². The van der Waals surface area contributed by atoms with Crippen molar-refractivity contribution in [2.75, 3.05) is 0 Å². The predicted molar refractivity (Wildman–Crippen MR) is 107 cm³/mol. The van der Waals surface area contributed by atoms with E-state index in [1.165, 1.54) is 5.56 Å². The molecule has 0 amide bonds. The van der Waals surface area contributed by atoms with Crippen molar-refractivity contribution < 1.29 is 14.6 Å². The number of hydrogen-bond acceptors (Lipinski definition) is 3. The molecule has 0 spiro atoms. The van der Waals surface area contributed by atoms with Crippen LogP contribution in [-0.2, 0) is 17.8 Å². The Bertz CT molecular complexity index is 891. The number of aryl methyl sites for hydroxylation is 1. The number of rotatable bonds is 10. The fourth-order valence-corrected chi connectivity index (χ4v) is 3.10. The molecule has 0 saturated heterocycles. The number of aromatic nitrogens is 1. The Hall–Kier alpha value is -2.88. The molecule has 140 valence electrons. The summed E-state index contributed by atoms with van der Waals surface area (Å²) < 4.78 is 5.93. The van der Waals surface area contributed by atoms with Gasteiger partial charge >= 0.3 is 5.97 Å². The third kappa shape index (κ3) is 6.10. The zero-order chi connectivity index (χ0) is 18.9. The normalized spacial score (nSPS) is 10.8. The average Bonchev–Trinajstić information content (AvgIpc) is 2.69. The van der Waals surface area contributed by atoms with E-state index in [-0.39, 0.29) is 6.42 Å². The van der Waals surface area contributed by atoms with Gasteiger partial charge in [-0.2, -0.15) is 0 Å². The second-order valence-electron chi connectivity index (χ2n) is 6.74. The fraction of sp³-hybridized carbons (Fsp3) is 0.304. The van der Waals surface area contributed by atoms with Gasteiger partial charge in [0, 0.05) is 11.8 Å². The molecule has 0 aliphatic heterocycles. The maximum absolute atomic E-state index is 10.5. The summed E-state index contributed by atoms with van der Waals surface area (Å²) in [6, 6.07) is 20.3. The molecular formula is C23H25NO3. The zero-order valence-electron chi connectivity index (χ0n) is 15.4. The highest BCUT2D eigenvalue weighted by molar-refractivity contribution is 5.78. The number of para-hydroxylation sites is 1. The van der Waals surface area contributed by atoms with Crippen molar-refractivity contribution in [1.82, 2.24) is 4.98 Å². The molecule has 27 heavy (non-hydrogen) atoms. The van der Waals surface area contributed by atoms with E-state index in [4.69, 9.17) is 9.84 Å². The van der Waals surface area contributed by atoms with Gasteiger partial charge in [-0.3, -0.25) is 4.79 Å². The largest absolute Gasteiger partial charge is 0.487 e. The van der Waals surface area contributed by atoms with Crippen molar-refractivity contribution in [2.45, 2.75) is 45.1 Å². The van der Waals surface area contributed by atoms with Crippen LogP contribution in [0.3, 0.4) is 0 Å². The lowest BCUT2D eigenvalue weighted by Crippen LogP contribution is -1.99. The number of pyridine rings is 1. The predicted octanol–water partition coefficient (Wildman–Crippen LogP) is 5.39. The number of ether oxygens (including phenoxy) is 1. The standard InChI is InChI=1S/C23H25NO3/c25-23(26)13-4-2-1-3-8-18-9-7-11-21(16-18)27-17-20-15-14-19-10-5-6-12-22(19)24-20/h5-7,9-12,14-16H,1-4,8,13,17H2,(H,25,26). The second kappa shape index (κ2) is 9.72. The molecule has 0 atom stereocenters. The first-order valence-corrected chi connectivity index (χ1v) is 9.49. The lowest BCUT2D eigenvalue weighted by atomic mass is 10.1. The Morgan fingerprint density at radius 1 is 0.926 bits per heavy atom. The van der Waals surface area contributed by atoms with E-state index < -0.39 is 5.97 Å². The van der Waals surface area contributed by atoms with Gasteiger partial charge in [-0.15, -0.1) is 0 Å². The van der Waals surface area contributed by atoms with E-state index in [0.717, 1.165) is 54.5 Å². The number of carbonyl (C=O) groups is 1. The van der Waals surface area contributed by atoms with Gasteiger partial charge in [0.05, 0.1) is 11.2 Å². The maximum Gasteiger partial charge on any atom is 0.303 e. The van der Waals surface area contributed by atoms with E-state index in [9.17, 15) is 4.79 Å². The Morgan fingerprint density at radius 2 is 1.78 bits per heavy atom. The zero-order valence-corrected chi connectivity index (χ0v) is 15.4. The minimum absolute atomic E-state index is 0.270. The van der Waals surface area contributed by atoms with E-state index >= 15 is 0 Å². The number of benzene rings is 2. The van der Waals surface area contributed by atoms with Gasteiger partial charge in [0.25, 0.3) is 0 Å². The van der Waals surface area contributed by atoms with Gasteiger partial charge in [-0.1, -0.05) is 49.2 Å². The summed E-state index contributed by atoms with van der Waals surface area (Å²) in [6.45, 7) is 0.448. The quantitative estimate of drug-likeness (QED) is 0.491. The molecule has 1 heterocycles. The Morgan fingerprint density at radius 3 is 2.67 bits per heavy atom. The van der Waals surface area contributed by atoms with Crippen LogP contribution in [0.1, 0.15) is 43.4 Å².